The fourth-order valence-corrected chi connectivity index (χ4v) is 1.85. The molecule has 0 aliphatic heterocycles. The Kier molecular flexibility index (Phi) is 9.28. The van der Waals surface area contributed by atoms with Gasteiger partial charge in [-0.15, -0.1) is 0 Å². The van der Waals surface area contributed by atoms with Gasteiger partial charge in [0.2, 0.25) is 11.8 Å². The Morgan fingerprint density at radius 2 is 1.74 bits per heavy atom. The molecule has 0 aliphatic rings. The SMILES string of the molecule is CCCCNC(=O)CCCCC(=O)N/N=C/c1ccc(F)cc1. The first-order valence-electron chi connectivity index (χ1n) is 7.96. The van der Waals surface area contributed by atoms with Gasteiger partial charge >= 0.3 is 0 Å². The molecular weight excluding hydrogens is 297 g/mol. The predicted molar refractivity (Wildman–Crippen MR) is 88.5 cm³/mol. The molecule has 0 spiro atoms. The van der Waals surface area contributed by atoms with Crippen LogP contribution in [0.4, 0.5) is 4.39 Å². The number of hydrazone groups is 1. The maximum Gasteiger partial charge on any atom is 0.240 e. The summed E-state index contributed by atoms with van der Waals surface area (Å²) < 4.78 is 12.7. The highest BCUT2D eigenvalue weighted by Crippen LogP contribution is 2.01. The highest BCUT2D eigenvalue weighted by Gasteiger charge is 2.03. The lowest BCUT2D eigenvalue weighted by Crippen LogP contribution is -2.24. The summed E-state index contributed by atoms with van der Waals surface area (Å²) in [5, 5.41) is 6.65. The number of unbranched alkanes of at least 4 members (excludes halogenated alkanes) is 2. The van der Waals surface area contributed by atoms with Gasteiger partial charge in [0.05, 0.1) is 6.21 Å². The van der Waals surface area contributed by atoms with Crippen LogP contribution in [0.5, 0.6) is 0 Å². The fraction of sp³-hybridized carbons (Fsp3) is 0.471. The molecule has 6 heteroatoms. The van der Waals surface area contributed by atoms with Gasteiger partial charge in [0.25, 0.3) is 0 Å². The van der Waals surface area contributed by atoms with Gasteiger partial charge in [0.15, 0.2) is 0 Å². The van der Waals surface area contributed by atoms with Crippen molar-refractivity contribution in [2.24, 2.45) is 5.10 Å². The third kappa shape index (κ3) is 9.39. The fourth-order valence-electron chi connectivity index (χ4n) is 1.85. The molecule has 0 aliphatic carbocycles. The largest absolute Gasteiger partial charge is 0.356 e. The van der Waals surface area contributed by atoms with E-state index in [1.807, 2.05) is 0 Å². The van der Waals surface area contributed by atoms with Crippen molar-refractivity contribution in [3.63, 3.8) is 0 Å². The summed E-state index contributed by atoms with van der Waals surface area (Å²) >= 11 is 0. The Bertz CT molecular complexity index is 515. The molecule has 126 valence electrons. The van der Waals surface area contributed by atoms with E-state index in [9.17, 15) is 14.0 Å². The summed E-state index contributed by atoms with van der Waals surface area (Å²) in [6.45, 7) is 2.79. The number of nitrogens with zero attached hydrogens (tertiary/aromatic N) is 1. The molecule has 23 heavy (non-hydrogen) atoms. The second kappa shape index (κ2) is 11.3. The van der Waals surface area contributed by atoms with E-state index >= 15 is 0 Å². The van der Waals surface area contributed by atoms with Crippen LogP contribution in [0, 0.1) is 5.82 Å². The lowest BCUT2D eigenvalue weighted by molar-refractivity contribution is -0.123. The van der Waals surface area contributed by atoms with Crippen LogP contribution in [0.2, 0.25) is 0 Å². The Labute approximate surface area is 136 Å². The van der Waals surface area contributed by atoms with Crippen molar-refractivity contribution in [1.82, 2.24) is 10.7 Å². The molecule has 2 N–H and O–H groups in total. The molecule has 2 amide bonds. The van der Waals surface area contributed by atoms with Gasteiger partial charge in [0, 0.05) is 19.4 Å². The molecule has 1 aromatic rings. The van der Waals surface area contributed by atoms with Crippen molar-refractivity contribution in [2.45, 2.75) is 45.4 Å². The van der Waals surface area contributed by atoms with Crippen LogP contribution < -0.4 is 10.7 Å². The quantitative estimate of drug-likeness (QED) is 0.395. The zero-order valence-electron chi connectivity index (χ0n) is 13.5. The summed E-state index contributed by atoms with van der Waals surface area (Å²) in [6.07, 6.45) is 5.57. The average molecular weight is 321 g/mol. The summed E-state index contributed by atoms with van der Waals surface area (Å²) in [5.74, 6) is -0.479. The zero-order valence-corrected chi connectivity index (χ0v) is 13.5. The average Bonchev–Trinajstić information content (AvgIpc) is 2.54. The lowest BCUT2D eigenvalue weighted by atomic mass is 10.2. The van der Waals surface area contributed by atoms with Crippen molar-refractivity contribution in [1.29, 1.82) is 0 Å². The van der Waals surface area contributed by atoms with Gasteiger partial charge < -0.3 is 5.32 Å². The number of nitrogens with one attached hydrogen (secondary N) is 2. The Morgan fingerprint density at radius 1 is 1.09 bits per heavy atom. The van der Waals surface area contributed by atoms with E-state index in [1.54, 1.807) is 12.1 Å². The standard InChI is InChI=1S/C17H24FN3O2/c1-2-3-12-19-16(22)6-4-5-7-17(23)21-20-13-14-8-10-15(18)11-9-14/h8-11,13H,2-7,12H2,1H3,(H,19,22)(H,21,23)/b20-13+. The monoisotopic (exact) mass is 321 g/mol. The van der Waals surface area contributed by atoms with Crippen LogP contribution in [0.15, 0.2) is 29.4 Å². The minimum Gasteiger partial charge on any atom is -0.356 e. The Morgan fingerprint density at radius 3 is 2.39 bits per heavy atom. The number of benzene rings is 1. The Balaban J connectivity index is 2.10. The number of carbonyl (C=O) groups excluding carboxylic acids is 2. The van der Waals surface area contributed by atoms with Gasteiger partial charge in [-0.3, -0.25) is 9.59 Å². The van der Waals surface area contributed by atoms with Crippen LogP contribution in [-0.2, 0) is 9.59 Å². The molecule has 0 atom stereocenters. The number of hydrogen-bond acceptors (Lipinski definition) is 3. The van der Waals surface area contributed by atoms with Gasteiger partial charge in [-0.2, -0.15) is 5.10 Å². The third-order valence-electron chi connectivity index (χ3n) is 3.18. The number of amides is 2. The minimum absolute atomic E-state index is 0.0354. The van der Waals surface area contributed by atoms with E-state index in [-0.39, 0.29) is 17.6 Å². The van der Waals surface area contributed by atoms with Crippen LogP contribution in [-0.4, -0.2) is 24.6 Å². The summed E-state index contributed by atoms with van der Waals surface area (Å²) in [6, 6.07) is 5.80. The zero-order chi connectivity index (χ0) is 16.9. The number of hydrogen-bond donors (Lipinski definition) is 2. The first-order valence-corrected chi connectivity index (χ1v) is 7.96. The molecule has 0 heterocycles. The first kappa shape index (κ1) is 18.8. The molecule has 0 aromatic heterocycles. The molecule has 0 radical (unpaired) electrons. The van der Waals surface area contributed by atoms with Crippen molar-refractivity contribution < 1.29 is 14.0 Å². The van der Waals surface area contributed by atoms with E-state index in [2.05, 4.69) is 22.8 Å². The maximum atomic E-state index is 12.7. The predicted octanol–water partition coefficient (Wildman–Crippen LogP) is 2.75. The van der Waals surface area contributed by atoms with Gasteiger partial charge in [-0.25, -0.2) is 9.82 Å². The molecule has 1 aromatic carbocycles. The first-order chi connectivity index (χ1) is 11.1. The molecule has 1 rings (SSSR count). The molecule has 0 unspecified atom stereocenters. The van der Waals surface area contributed by atoms with Crippen molar-refractivity contribution in [2.75, 3.05) is 6.54 Å². The van der Waals surface area contributed by atoms with E-state index in [0.717, 1.165) is 12.8 Å². The molecular formula is C17H24FN3O2. The number of rotatable bonds is 10. The normalized spacial score (nSPS) is 10.7. The van der Waals surface area contributed by atoms with Crippen LogP contribution in [0.3, 0.4) is 0 Å². The molecule has 0 saturated heterocycles. The Hall–Kier alpha value is -2.24. The summed E-state index contributed by atoms with van der Waals surface area (Å²) in [4.78, 5) is 23.0. The van der Waals surface area contributed by atoms with Crippen LogP contribution >= 0.6 is 0 Å². The molecule has 0 saturated carbocycles. The molecule has 0 bridgehead atoms. The topological polar surface area (TPSA) is 70.6 Å². The van der Waals surface area contributed by atoms with Gasteiger partial charge in [-0.05, 0) is 37.0 Å². The van der Waals surface area contributed by atoms with E-state index in [4.69, 9.17) is 0 Å². The van der Waals surface area contributed by atoms with Crippen LogP contribution in [0.25, 0.3) is 0 Å². The van der Waals surface area contributed by atoms with Crippen molar-refractivity contribution >= 4 is 18.0 Å². The summed E-state index contributed by atoms with van der Waals surface area (Å²) in [7, 11) is 0. The van der Waals surface area contributed by atoms with E-state index in [1.165, 1.54) is 18.3 Å². The molecule has 0 fully saturated rings. The van der Waals surface area contributed by atoms with Crippen molar-refractivity contribution in [3.8, 4) is 0 Å². The maximum absolute atomic E-state index is 12.7. The van der Waals surface area contributed by atoms with Crippen LogP contribution in [0.1, 0.15) is 51.0 Å². The smallest absolute Gasteiger partial charge is 0.240 e. The van der Waals surface area contributed by atoms with Gasteiger partial charge in [0.1, 0.15) is 5.82 Å². The number of carbonyl (C=O) groups is 2. The minimum atomic E-state index is -0.315. The van der Waals surface area contributed by atoms with E-state index < -0.39 is 0 Å². The highest BCUT2D eigenvalue weighted by molar-refractivity contribution is 5.82. The second-order valence-corrected chi connectivity index (χ2v) is 5.26. The molecule has 5 nitrogen and oxygen atoms in total. The lowest BCUT2D eigenvalue weighted by Gasteiger charge is -2.04. The third-order valence-corrected chi connectivity index (χ3v) is 3.18. The van der Waals surface area contributed by atoms with Crippen molar-refractivity contribution in [3.05, 3.63) is 35.6 Å². The summed E-state index contributed by atoms with van der Waals surface area (Å²) in [5.41, 5.74) is 3.12. The highest BCUT2D eigenvalue weighted by atomic mass is 19.1. The number of halogens is 1. The second-order valence-electron chi connectivity index (χ2n) is 5.26. The van der Waals surface area contributed by atoms with Gasteiger partial charge in [-0.1, -0.05) is 25.5 Å². The van der Waals surface area contributed by atoms with E-state index in [0.29, 0.717) is 37.8 Å².